The Hall–Kier alpha value is -1.50. The first-order chi connectivity index (χ1) is 21.9. The monoisotopic (exact) mass is 667 g/mol. The number of amides is 1. The van der Waals surface area contributed by atoms with Gasteiger partial charge in [-0.1, -0.05) is 12.2 Å². The van der Waals surface area contributed by atoms with Crippen LogP contribution in [0, 0.1) is 0 Å². The Bertz CT molecular complexity index is 1010. The van der Waals surface area contributed by atoms with Crippen LogP contribution in [-0.4, -0.2) is 157 Å². The summed E-state index contributed by atoms with van der Waals surface area (Å²) >= 11 is 0. The van der Waals surface area contributed by atoms with Crippen LogP contribution in [0.4, 0.5) is 4.39 Å². The number of halogens is 1. The number of aliphatic hydroxyl groups is 4. The van der Waals surface area contributed by atoms with Crippen molar-refractivity contribution >= 4 is 5.91 Å². The molecule has 0 spiro atoms. The van der Waals surface area contributed by atoms with Gasteiger partial charge >= 0.3 is 0 Å². The number of ether oxygens (including phenoxy) is 6. The average Bonchev–Trinajstić information content (AvgIpc) is 3.35. The van der Waals surface area contributed by atoms with Gasteiger partial charge in [0.1, 0.15) is 42.8 Å². The van der Waals surface area contributed by atoms with E-state index in [1.807, 2.05) is 0 Å². The van der Waals surface area contributed by atoms with E-state index < -0.39 is 117 Å². The molecule has 17 atom stereocenters. The zero-order valence-electron chi connectivity index (χ0n) is 25.4. The zero-order valence-corrected chi connectivity index (χ0v) is 25.4. The number of nitrogens with two attached hydrogens (primary N) is 6. The van der Waals surface area contributed by atoms with E-state index in [1.54, 1.807) is 12.2 Å². The van der Waals surface area contributed by atoms with Gasteiger partial charge in [0.05, 0.1) is 36.9 Å². The standard InChI is InChI=1S/C27H50FN7O11/c28-12(8-31)18(37)24(40)35-16-5-15(34)21(44-25-13(32)3-1-10(6-29)41-25)23(19(16)38)46-27-20(39)22(17(9-36)43-27)45-26-14(33)4-2-11(7-30)42-26/h2,4,10-23,25-27,36-39H,1,3,5-9,29-34H2,(H,35,40)/t10-,11+,12-,13+,14+,15-,16+,17+,18+,19-,20+,21+,22+,23+,25+,26+,27-/m0/s1. The highest BCUT2D eigenvalue weighted by Crippen LogP contribution is 2.34. The Morgan fingerprint density at radius 1 is 0.891 bits per heavy atom. The van der Waals surface area contributed by atoms with E-state index in [0.717, 1.165) is 0 Å². The third-order valence-electron chi connectivity index (χ3n) is 8.69. The molecule has 1 aliphatic carbocycles. The molecule has 4 rings (SSSR count). The maximum absolute atomic E-state index is 13.9. The molecule has 3 fully saturated rings. The van der Waals surface area contributed by atoms with E-state index in [-0.39, 0.29) is 25.6 Å². The van der Waals surface area contributed by atoms with Gasteiger partial charge in [-0.3, -0.25) is 4.79 Å². The summed E-state index contributed by atoms with van der Waals surface area (Å²) in [6, 6.07) is -3.41. The first-order valence-corrected chi connectivity index (χ1v) is 15.5. The van der Waals surface area contributed by atoms with Crippen LogP contribution >= 0.6 is 0 Å². The molecule has 19 heteroatoms. The van der Waals surface area contributed by atoms with Crippen molar-refractivity contribution in [3.8, 4) is 0 Å². The molecule has 46 heavy (non-hydrogen) atoms. The Morgan fingerprint density at radius 3 is 2.24 bits per heavy atom. The molecule has 0 unspecified atom stereocenters. The molecule has 3 aliphatic heterocycles. The summed E-state index contributed by atoms with van der Waals surface area (Å²) in [5, 5.41) is 45.2. The molecule has 1 saturated carbocycles. The van der Waals surface area contributed by atoms with Crippen molar-refractivity contribution in [3.05, 3.63) is 12.2 Å². The molecule has 4 aliphatic rings. The SMILES string of the molecule is NC[C@@H]1CC[C@@H](N)[C@@H](O[C@H]2[C@H](O[C@@H]3O[C@H](CO)[C@@H](O[C@H]4O[C@@H](CN)C=C[C@H]4N)[C@H]3O)[C@@H](O)[C@H](NC(=O)[C@H](O)[C@@H](F)CN)C[C@@H]2N)O1. The summed E-state index contributed by atoms with van der Waals surface area (Å²) in [7, 11) is 0. The number of carbonyl (C=O) groups is 1. The number of carbonyl (C=O) groups excluding carboxylic acids is 1. The van der Waals surface area contributed by atoms with Crippen LogP contribution in [0.1, 0.15) is 19.3 Å². The minimum atomic E-state index is -2.10. The van der Waals surface area contributed by atoms with Crippen molar-refractivity contribution in [1.29, 1.82) is 0 Å². The van der Waals surface area contributed by atoms with Crippen molar-refractivity contribution in [3.63, 3.8) is 0 Å². The summed E-state index contributed by atoms with van der Waals surface area (Å²) in [6.45, 7) is -0.848. The van der Waals surface area contributed by atoms with E-state index >= 15 is 0 Å². The third kappa shape index (κ3) is 8.55. The van der Waals surface area contributed by atoms with Gasteiger partial charge in [-0.2, -0.15) is 0 Å². The molecule has 0 aromatic rings. The number of rotatable bonds is 13. The largest absolute Gasteiger partial charge is 0.394 e. The van der Waals surface area contributed by atoms with E-state index in [0.29, 0.717) is 12.8 Å². The topological polar surface area (TPSA) is 322 Å². The molecule has 0 radical (unpaired) electrons. The van der Waals surface area contributed by atoms with Crippen molar-refractivity contribution < 1.29 is 58.0 Å². The van der Waals surface area contributed by atoms with Crippen molar-refractivity contribution in [1.82, 2.24) is 5.32 Å². The van der Waals surface area contributed by atoms with Gasteiger partial charge < -0.3 is 88.6 Å². The molecule has 1 amide bonds. The van der Waals surface area contributed by atoms with Gasteiger partial charge in [0, 0.05) is 25.7 Å². The fourth-order valence-electron chi connectivity index (χ4n) is 5.96. The van der Waals surface area contributed by atoms with Crippen LogP contribution in [0.15, 0.2) is 12.2 Å². The summed E-state index contributed by atoms with van der Waals surface area (Å²) in [5.41, 5.74) is 35.5. The lowest BCUT2D eigenvalue weighted by atomic mass is 9.83. The van der Waals surface area contributed by atoms with Crippen LogP contribution in [0.2, 0.25) is 0 Å². The normalized spacial score (nSPS) is 44.5. The number of alkyl halides is 1. The molecular weight excluding hydrogens is 617 g/mol. The highest BCUT2D eigenvalue weighted by Gasteiger charge is 2.53. The summed E-state index contributed by atoms with van der Waals surface area (Å²) in [4.78, 5) is 12.6. The molecule has 17 N–H and O–H groups in total. The lowest BCUT2D eigenvalue weighted by molar-refractivity contribution is -0.288. The highest BCUT2D eigenvalue weighted by atomic mass is 19.1. The van der Waals surface area contributed by atoms with E-state index in [9.17, 15) is 29.6 Å². The predicted molar refractivity (Wildman–Crippen MR) is 157 cm³/mol. The number of nitrogens with one attached hydrogen (secondary N) is 1. The predicted octanol–water partition coefficient (Wildman–Crippen LogP) is -6.19. The van der Waals surface area contributed by atoms with Gasteiger partial charge in [0.2, 0.25) is 0 Å². The lowest BCUT2D eigenvalue weighted by Gasteiger charge is -2.46. The quantitative estimate of drug-likeness (QED) is 0.0814. The van der Waals surface area contributed by atoms with E-state index in [2.05, 4.69) is 5.32 Å². The Kier molecular flexibility index (Phi) is 13.6. The molecule has 266 valence electrons. The van der Waals surface area contributed by atoms with Crippen LogP contribution in [0.5, 0.6) is 0 Å². The number of aliphatic hydroxyl groups excluding tert-OH is 4. The molecule has 3 heterocycles. The van der Waals surface area contributed by atoms with Crippen LogP contribution in [-0.2, 0) is 33.2 Å². The number of hydrogen-bond acceptors (Lipinski definition) is 17. The Balaban J connectivity index is 1.54. The minimum Gasteiger partial charge on any atom is -0.394 e. The maximum atomic E-state index is 13.9. The van der Waals surface area contributed by atoms with Gasteiger partial charge in [0.25, 0.3) is 5.91 Å². The van der Waals surface area contributed by atoms with Crippen LogP contribution < -0.4 is 39.7 Å². The van der Waals surface area contributed by atoms with Gasteiger partial charge in [-0.05, 0) is 19.3 Å². The average molecular weight is 668 g/mol. The Morgan fingerprint density at radius 2 is 1.59 bits per heavy atom. The molecule has 0 bridgehead atoms. The van der Waals surface area contributed by atoms with Crippen molar-refractivity contribution in [2.24, 2.45) is 34.4 Å². The van der Waals surface area contributed by atoms with Crippen LogP contribution in [0.25, 0.3) is 0 Å². The summed E-state index contributed by atoms with van der Waals surface area (Å²) in [6.07, 6.45) is -12.2. The van der Waals surface area contributed by atoms with Gasteiger partial charge in [0.15, 0.2) is 25.0 Å². The fourth-order valence-corrected chi connectivity index (χ4v) is 5.96. The smallest absolute Gasteiger partial charge is 0.252 e. The second-order valence-electron chi connectivity index (χ2n) is 12.1. The van der Waals surface area contributed by atoms with E-state index in [4.69, 9.17) is 62.8 Å². The van der Waals surface area contributed by atoms with Crippen molar-refractivity contribution in [2.75, 3.05) is 26.2 Å². The first-order valence-electron chi connectivity index (χ1n) is 15.5. The second kappa shape index (κ2) is 16.7. The van der Waals surface area contributed by atoms with Crippen LogP contribution in [0.3, 0.4) is 0 Å². The van der Waals surface area contributed by atoms with Crippen molar-refractivity contribution in [2.45, 2.75) is 123 Å². The maximum Gasteiger partial charge on any atom is 0.252 e. The second-order valence-corrected chi connectivity index (χ2v) is 12.1. The molecular formula is C27H50FN7O11. The van der Waals surface area contributed by atoms with Gasteiger partial charge in [-0.25, -0.2) is 4.39 Å². The summed E-state index contributed by atoms with van der Waals surface area (Å²) in [5.74, 6) is -1.13. The highest BCUT2D eigenvalue weighted by molar-refractivity contribution is 5.81. The third-order valence-corrected chi connectivity index (χ3v) is 8.69. The fraction of sp³-hybridized carbons (Fsp3) is 0.889. The Labute approximate surface area is 265 Å². The zero-order chi connectivity index (χ0) is 33.7. The lowest BCUT2D eigenvalue weighted by Crippen LogP contribution is -2.67. The molecule has 18 nitrogen and oxygen atoms in total. The van der Waals surface area contributed by atoms with E-state index in [1.165, 1.54) is 0 Å². The molecule has 0 aromatic heterocycles. The summed E-state index contributed by atoms with van der Waals surface area (Å²) < 4.78 is 49.6. The minimum absolute atomic E-state index is 0.0994. The number of hydrogen-bond donors (Lipinski definition) is 11. The molecule has 2 saturated heterocycles. The first kappa shape index (κ1) is 37.3. The molecule has 0 aromatic carbocycles. The van der Waals surface area contributed by atoms with Gasteiger partial charge in [-0.15, -0.1) is 0 Å².